The average molecular weight is 189 g/mol. The van der Waals surface area contributed by atoms with Crippen LogP contribution in [0.2, 0.25) is 0 Å². The summed E-state index contributed by atoms with van der Waals surface area (Å²) in [5.74, 6) is 0. The van der Waals surface area contributed by atoms with Crippen LogP contribution in [-0.4, -0.2) is 29.3 Å². The van der Waals surface area contributed by atoms with Crippen LogP contribution >= 0.6 is 0 Å². The Morgan fingerprint density at radius 2 is 1.85 bits per heavy atom. The molecule has 0 aromatic heterocycles. The summed E-state index contributed by atoms with van der Waals surface area (Å²) in [5, 5.41) is 0. The topological polar surface area (TPSA) is 17.1 Å². The van der Waals surface area contributed by atoms with Gasteiger partial charge in [-0.1, -0.05) is 30.3 Å². The van der Waals surface area contributed by atoms with E-state index in [1.54, 1.807) is 0 Å². The molecule has 0 N–H and O–H groups in total. The minimum atomic E-state index is 0. The summed E-state index contributed by atoms with van der Waals surface area (Å²) in [6, 6.07) is 10.4. The number of carbonyl (C=O) groups is 1. The molecule has 0 aliphatic rings. The van der Waals surface area contributed by atoms with E-state index in [-0.39, 0.29) is 25.9 Å². The molecule has 2 heteroatoms. The first kappa shape index (κ1) is 12.7. The van der Waals surface area contributed by atoms with Gasteiger partial charge in [0, 0.05) is 6.42 Å². The van der Waals surface area contributed by atoms with Crippen LogP contribution in [0, 0.1) is 0 Å². The van der Waals surface area contributed by atoms with Crippen LogP contribution < -0.4 is 0 Å². The van der Waals surface area contributed by atoms with Gasteiger partial charge in [-0.25, -0.2) is 0 Å². The van der Waals surface area contributed by atoms with Gasteiger partial charge in [-0.05, 0) is 24.8 Å². The number of benzene rings is 1. The van der Waals surface area contributed by atoms with Crippen LogP contribution in [0.1, 0.15) is 27.7 Å². The van der Waals surface area contributed by atoms with Gasteiger partial charge in [-0.2, -0.15) is 0 Å². The van der Waals surface area contributed by atoms with Crippen LogP contribution in [0.5, 0.6) is 0 Å². The van der Waals surface area contributed by atoms with Crippen molar-refractivity contribution in [3.63, 3.8) is 0 Å². The maximum absolute atomic E-state index is 10.0. The molecule has 0 bridgehead atoms. The first-order valence-corrected chi connectivity index (χ1v) is 4.41. The number of carbonyl (C=O) groups excluding carboxylic acids is 1. The van der Waals surface area contributed by atoms with E-state index in [1.807, 2.05) is 6.07 Å². The Hall–Kier alpha value is -0.344. The largest absolute Gasteiger partial charge is 2.00 e. The molecular weight excluding hydrogens is 172 g/mol. The smallest absolute Gasteiger partial charge is 1.00 e. The zero-order valence-corrected chi connectivity index (χ0v) is 9.32. The van der Waals surface area contributed by atoms with E-state index in [9.17, 15) is 4.79 Å². The van der Waals surface area contributed by atoms with Gasteiger partial charge in [0.15, 0.2) is 0 Å². The van der Waals surface area contributed by atoms with Crippen molar-refractivity contribution in [1.82, 2.24) is 0 Å². The zero-order chi connectivity index (χ0) is 8.65. The molecule has 0 heterocycles. The summed E-state index contributed by atoms with van der Waals surface area (Å²) >= 11 is 0. The second kappa shape index (κ2) is 8.26. The molecule has 0 radical (unpaired) electrons. The SMILES string of the molecule is O=CCCCCc1ccccc1.[H-].[H-].[Mg+2]. The normalized spacial score (nSPS) is 8.92. The minimum Gasteiger partial charge on any atom is -1.00 e. The van der Waals surface area contributed by atoms with Gasteiger partial charge in [0.2, 0.25) is 0 Å². The molecule has 1 aromatic rings. The Labute approximate surface area is 98.7 Å². The summed E-state index contributed by atoms with van der Waals surface area (Å²) in [5.41, 5.74) is 1.36. The maximum atomic E-state index is 10.0. The first-order valence-electron chi connectivity index (χ1n) is 4.41. The average Bonchev–Trinajstić information content (AvgIpc) is 2.14. The zero-order valence-electron chi connectivity index (χ0n) is 9.91. The Bertz CT molecular complexity index is 229. The van der Waals surface area contributed by atoms with Crippen molar-refractivity contribution in [1.29, 1.82) is 0 Å². The van der Waals surface area contributed by atoms with Crippen molar-refractivity contribution in [3.05, 3.63) is 35.9 Å². The quantitative estimate of drug-likeness (QED) is 0.394. The second-order valence-corrected chi connectivity index (χ2v) is 2.90. The standard InChI is InChI=1S/C11H14O.Mg.2H/c12-10-6-2-5-9-11-7-3-1-4-8-11;;;/h1,3-4,7-8,10H,2,5-6,9H2;;;/q;+2;2*-1. The van der Waals surface area contributed by atoms with Crippen LogP contribution in [0.25, 0.3) is 0 Å². The Morgan fingerprint density at radius 1 is 1.15 bits per heavy atom. The third kappa shape index (κ3) is 5.83. The van der Waals surface area contributed by atoms with Gasteiger partial charge in [-0.3, -0.25) is 0 Å². The predicted molar refractivity (Wildman–Crippen MR) is 58.0 cm³/mol. The third-order valence-electron chi connectivity index (χ3n) is 1.88. The van der Waals surface area contributed by atoms with Gasteiger partial charge in [0.25, 0.3) is 0 Å². The van der Waals surface area contributed by atoms with Gasteiger partial charge in [-0.15, -0.1) is 0 Å². The summed E-state index contributed by atoms with van der Waals surface area (Å²) in [6.07, 6.45) is 4.91. The van der Waals surface area contributed by atoms with Crippen molar-refractivity contribution in [2.24, 2.45) is 0 Å². The molecule has 0 saturated carbocycles. The molecule has 13 heavy (non-hydrogen) atoms. The van der Waals surface area contributed by atoms with Gasteiger partial charge in [0.05, 0.1) is 0 Å². The molecule has 0 fully saturated rings. The number of aldehydes is 1. The van der Waals surface area contributed by atoms with Crippen LogP contribution in [0.4, 0.5) is 0 Å². The Kier molecular flexibility index (Phi) is 8.04. The van der Waals surface area contributed by atoms with Crippen LogP contribution in [0.15, 0.2) is 30.3 Å². The van der Waals surface area contributed by atoms with Gasteiger partial charge < -0.3 is 7.65 Å². The third-order valence-corrected chi connectivity index (χ3v) is 1.88. The Balaban J connectivity index is -0.000000480. The fourth-order valence-corrected chi connectivity index (χ4v) is 1.20. The van der Waals surface area contributed by atoms with Gasteiger partial charge >= 0.3 is 23.1 Å². The molecule has 0 amide bonds. The van der Waals surface area contributed by atoms with Crippen molar-refractivity contribution in [3.8, 4) is 0 Å². The fraction of sp³-hybridized carbons (Fsp3) is 0.364. The van der Waals surface area contributed by atoms with Crippen molar-refractivity contribution in [2.75, 3.05) is 0 Å². The van der Waals surface area contributed by atoms with Crippen molar-refractivity contribution in [2.45, 2.75) is 25.7 Å². The van der Waals surface area contributed by atoms with E-state index in [4.69, 9.17) is 0 Å². The van der Waals surface area contributed by atoms with E-state index < -0.39 is 0 Å². The molecule has 0 aliphatic heterocycles. The Morgan fingerprint density at radius 3 is 2.46 bits per heavy atom. The molecule has 1 nitrogen and oxygen atoms in total. The van der Waals surface area contributed by atoms with Crippen molar-refractivity contribution < 1.29 is 7.65 Å². The first-order chi connectivity index (χ1) is 5.93. The molecule has 1 aromatic carbocycles. The van der Waals surface area contributed by atoms with E-state index >= 15 is 0 Å². The van der Waals surface area contributed by atoms with Crippen molar-refractivity contribution >= 4 is 29.3 Å². The number of hydrogen-bond acceptors (Lipinski definition) is 1. The van der Waals surface area contributed by atoms with Crippen LogP contribution in [0.3, 0.4) is 0 Å². The van der Waals surface area contributed by atoms with Crippen LogP contribution in [-0.2, 0) is 11.2 Å². The maximum Gasteiger partial charge on any atom is 2.00 e. The summed E-state index contributed by atoms with van der Waals surface area (Å²) < 4.78 is 0. The van der Waals surface area contributed by atoms with Gasteiger partial charge in [0.1, 0.15) is 6.29 Å². The summed E-state index contributed by atoms with van der Waals surface area (Å²) in [7, 11) is 0. The molecule has 0 saturated heterocycles. The molecule has 0 atom stereocenters. The van der Waals surface area contributed by atoms with E-state index in [2.05, 4.69) is 24.3 Å². The molecular formula is C11H16MgO. The van der Waals surface area contributed by atoms with E-state index in [0.717, 1.165) is 25.5 Å². The number of hydrogen-bond donors (Lipinski definition) is 0. The summed E-state index contributed by atoms with van der Waals surface area (Å²) in [4.78, 5) is 10.0. The van der Waals surface area contributed by atoms with E-state index in [1.165, 1.54) is 5.56 Å². The molecule has 68 valence electrons. The van der Waals surface area contributed by atoms with E-state index in [0.29, 0.717) is 6.42 Å². The monoisotopic (exact) mass is 188 g/mol. The fourth-order valence-electron chi connectivity index (χ4n) is 1.20. The predicted octanol–water partition coefficient (Wildman–Crippen LogP) is 2.44. The molecule has 0 unspecified atom stereocenters. The summed E-state index contributed by atoms with van der Waals surface area (Å²) in [6.45, 7) is 0. The molecule has 0 spiro atoms. The molecule has 1 rings (SSSR count). The second-order valence-electron chi connectivity index (χ2n) is 2.90. The molecule has 0 aliphatic carbocycles. The number of unbranched alkanes of at least 4 members (excludes halogenated alkanes) is 2. The minimum absolute atomic E-state index is 0. The number of aryl methyl sites for hydroxylation is 1. The number of rotatable bonds is 5.